The number of aliphatic hydroxyl groups excluding tert-OH is 1. The van der Waals surface area contributed by atoms with Crippen LogP contribution in [0.25, 0.3) is 0 Å². The van der Waals surface area contributed by atoms with Gasteiger partial charge in [0, 0.05) is 31.1 Å². The number of rotatable bonds is 3. The van der Waals surface area contributed by atoms with E-state index in [9.17, 15) is 14.7 Å². The molecular weight excluding hydrogens is 367 g/mol. The molecule has 2 amide bonds. The Balaban J connectivity index is 1.80. The quantitative estimate of drug-likeness (QED) is 0.832. The number of hydrogen-bond acceptors (Lipinski definition) is 4. The van der Waals surface area contributed by atoms with Crippen molar-refractivity contribution < 1.29 is 19.8 Å². The normalized spacial score (nSPS) is 23.6. The average Bonchev–Trinajstić information content (AvgIpc) is 2.58. The van der Waals surface area contributed by atoms with Gasteiger partial charge in [0.2, 0.25) is 11.8 Å². The topological polar surface area (TPSA) is 81.1 Å². The summed E-state index contributed by atoms with van der Waals surface area (Å²) >= 11 is 12.4. The summed E-state index contributed by atoms with van der Waals surface area (Å²) in [5.41, 5.74) is 0.611. The lowest BCUT2D eigenvalue weighted by Gasteiger charge is -2.46. The van der Waals surface area contributed by atoms with E-state index in [0.717, 1.165) is 0 Å². The molecule has 3 rings (SSSR count). The number of piperazine rings is 1. The standard InChI is InChI=1S/C17H20Cl2N2O4/c18-12-1-2-13(23)16(17(12)19)10-3-5-21-11(7-10)8-20(9-15(21)25)14(24)4-6-22/h1-2,10-11,22-23H,3-9H2/t10-,11+/m1/s1. The number of carbonyl (C=O) groups is 2. The van der Waals surface area contributed by atoms with E-state index in [-0.39, 0.29) is 49.1 Å². The number of phenolic OH excluding ortho intramolecular Hbond substituents is 1. The summed E-state index contributed by atoms with van der Waals surface area (Å²) in [6.07, 6.45) is 1.30. The van der Waals surface area contributed by atoms with Gasteiger partial charge in [-0.05, 0) is 30.9 Å². The van der Waals surface area contributed by atoms with Crippen molar-refractivity contribution in [2.75, 3.05) is 26.2 Å². The van der Waals surface area contributed by atoms with Crippen LogP contribution in [0.2, 0.25) is 10.0 Å². The number of aromatic hydroxyl groups is 1. The van der Waals surface area contributed by atoms with Crippen LogP contribution >= 0.6 is 23.2 Å². The first-order valence-corrected chi connectivity index (χ1v) is 9.03. The lowest BCUT2D eigenvalue weighted by Crippen LogP contribution is -2.60. The Bertz CT molecular complexity index is 697. The van der Waals surface area contributed by atoms with Gasteiger partial charge in [0.1, 0.15) is 5.75 Å². The maximum atomic E-state index is 12.4. The molecule has 2 aliphatic rings. The molecule has 1 aromatic carbocycles. The minimum absolute atomic E-state index is 0.0182. The number of nitrogens with zero attached hydrogens (tertiary/aromatic N) is 2. The van der Waals surface area contributed by atoms with Crippen LogP contribution in [0.5, 0.6) is 5.75 Å². The van der Waals surface area contributed by atoms with Gasteiger partial charge < -0.3 is 20.0 Å². The molecule has 1 aromatic rings. The van der Waals surface area contributed by atoms with Crippen LogP contribution in [-0.2, 0) is 9.59 Å². The minimum atomic E-state index is -0.230. The number of amides is 2. The molecule has 0 bridgehead atoms. The first kappa shape index (κ1) is 18.3. The summed E-state index contributed by atoms with van der Waals surface area (Å²) < 4.78 is 0. The van der Waals surface area contributed by atoms with E-state index >= 15 is 0 Å². The Morgan fingerprint density at radius 3 is 2.80 bits per heavy atom. The molecule has 0 aromatic heterocycles. The number of phenols is 1. The highest BCUT2D eigenvalue weighted by atomic mass is 35.5. The lowest BCUT2D eigenvalue weighted by atomic mass is 9.83. The Labute approximate surface area is 155 Å². The number of hydrogen-bond donors (Lipinski definition) is 2. The molecule has 2 atom stereocenters. The lowest BCUT2D eigenvalue weighted by molar-refractivity contribution is -0.150. The maximum Gasteiger partial charge on any atom is 0.242 e. The second-order valence-corrected chi connectivity index (χ2v) is 7.29. The van der Waals surface area contributed by atoms with Gasteiger partial charge in [-0.1, -0.05) is 23.2 Å². The molecule has 2 heterocycles. The second kappa shape index (κ2) is 7.40. The highest BCUT2D eigenvalue weighted by Crippen LogP contribution is 2.43. The van der Waals surface area contributed by atoms with Crippen LogP contribution in [0.1, 0.15) is 30.7 Å². The number of halogens is 2. The molecule has 0 unspecified atom stereocenters. The highest BCUT2D eigenvalue weighted by molar-refractivity contribution is 6.42. The number of carbonyl (C=O) groups excluding carboxylic acids is 2. The van der Waals surface area contributed by atoms with Gasteiger partial charge in [-0.15, -0.1) is 0 Å². The molecule has 2 saturated heterocycles. The molecule has 2 aliphatic heterocycles. The predicted octanol–water partition coefficient (Wildman–Crippen LogP) is 2.00. The van der Waals surface area contributed by atoms with E-state index in [2.05, 4.69) is 0 Å². The number of fused-ring (bicyclic) bond motifs is 1. The van der Waals surface area contributed by atoms with Gasteiger partial charge in [-0.2, -0.15) is 0 Å². The summed E-state index contributed by atoms with van der Waals surface area (Å²) in [6, 6.07) is 2.95. The van der Waals surface area contributed by atoms with Crippen LogP contribution in [0.15, 0.2) is 12.1 Å². The maximum absolute atomic E-state index is 12.4. The van der Waals surface area contributed by atoms with Crippen molar-refractivity contribution in [3.8, 4) is 5.75 Å². The third kappa shape index (κ3) is 3.57. The molecule has 0 saturated carbocycles. The summed E-state index contributed by atoms with van der Waals surface area (Å²) in [7, 11) is 0. The minimum Gasteiger partial charge on any atom is -0.508 e. The first-order chi connectivity index (χ1) is 11.9. The zero-order valence-corrected chi connectivity index (χ0v) is 15.1. The third-order valence-corrected chi connectivity index (χ3v) is 5.81. The van der Waals surface area contributed by atoms with Crippen molar-refractivity contribution in [2.45, 2.75) is 31.2 Å². The molecule has 2 N–H and O–H groups in total. The van der Waals surface area contributed by atoms with E-state index in [1.165, 1.54) is 11.0 Å². The average molecular weight is 387 g/mol. The number of aliphatic hydroxyl groups is 1. The highest BCUT2D eigenvalue weighted by Gasteiger charge is 2.39. The van der Waals surface area contributed by atoms with Gasteiger partial charge in [-0.3, -0.25) is 9.59 Å². The fraction of sp³-hybridized carbons (Fsp3) is 0.529. The van der Waals surface area contributed by atoms with Crippen LogP contribution in [-0.4, -0.2) is 64.1 Å². The van der Waals surface area contributed by atoms with E-state index in [4.69, 9.17) is 28.3 Å². The van der Waals surface area contributed by atoms with Crippen molar-refractivity contribution in [2.24, 2.45) is 0 Å². The van der Waals surface area contributed by atoms with Crippen LogP contribution in [0.3, 0.4) is 0 Å². The first-order valence-electron chi connectivity index (χ1n) is 8.27. The molecule has 0 spiro atoms. The molecule has 2 fully saturated rings. The summed E-state index contributed by atoms with van der Waals surface area (Å²) in [4.78, 5) is 27.7. The Morgan fingerprint density at radius 2 is 2.08 bits per heavy atom. The van der Waals surface area contributed by atoms with Crippen molar-refractivity contribution >= 4 is 35.0 Å². The van der Waals surface area contributed by atoms with Crippen LogP contribution in [0, 0.1) is 0 Å². The smallest absolute Gasteiger partial charge is 0.242 e. The summed E-state index contributed by atoms with van der Waals surface area (Å²) in [6.45, 7) is 0.814. The van der Waals surface area contributed by atoms with E-state index in [1.807, 2.05) is 0 Å². The molecule has 0 aliphatic carbocycles. The Hall–Kier alpha value is -1.50. The second-order valence-electron chi connectivity index (χ2n) is 6.50. The van der Waals surface area contributed by atoms with Crippen LogP contribution < -0.4 is 0 Å². The molecule has 6 nitrogen and oxygen atoms in total. The largest absolute Gasteiger partial charge is 0.508 e. The van der Waals surface area contributed by atoms with Crippen molar-refractivity contribution in [3.05, 3.63) is 27.7 Å². The molecule has 25 heavy (non-hydrogen) atoms. The van der Waals surface area contributed by atoms with E-state index in [0.29, 0.717) is 41.5 Å². The predicted molar refractivity (Wildman–Crippen MR) is 93.9 cm³/mol. The summed E-state index contributed by atoms with van der Waals surface area (Å²) in [5, 5.41) is 19.9. The van der Waals surface area contributed by atoms with Gasteiger partial charge >= 0.3 is 0 Å². The van der Waals surface area contributed by atoms with Gasteiger partial charge in [0.15, 0.2) is 0 Å². The Kier molecular flexibility index (Phi) is 5.41. The summed E-state index contributed by atoms with van der Waals surface area (Å²) in [5.74, 6) is -0.236. The van der Waals surface area contributed by atoms with Gasteiger partial charge in [-0.25, -0.2) is 0 Å². The van der Waals surface area contributed by atoms with Gasteiger partial charge in [0.05, 0.1) is 23.2 Å². The molecule has 0 radical (unpaired) electrons. The van der Waals surface area contributed by atoms with E-state index < -0.39 is 0 Å². The molecule has 136 valence electrons. The van der Waals surface area contributed by atoms with E-state index in [1.54, 1.807) is 11.0 Å². The number of benzene rings is 1. The van der Waals surface area contributed by atoms with Crippen molar-refractivity contribution in [1.82, 2.24) is 9.80 Å². The van der Waals surface area contributed by atoms with Crippen molar-refractivity contribution in [1.29, 1.82) is 0 Å². The third-order valence-electron chi connectivity index (χ3n) is 4.99. The zero-order valence-electron chi connectivity index (χ0n) is 13.6. The molecule has 8 heteroatoms. The van der Waals surface area contributed by atoms with Gasteiger partial charge in [0.25, 0.3) is 0 Å². The fourth-order valence-corrected chi connectivity index (χ4v) is 4.25. The zero-order chi connectivity index (χ0) is 18.1. The van der Waals surface area contributed by atoms with Crippen LogP contribution in [0.4, 0.5) is 0 Å². The SMILES string of the molecule is O=C(CCO)N1CC(=O)N2CC[C@@H](c3c(O)ccc(Cl)c3Cl)C[C@H]2C1. The fourth-order valence-electron chi connectivity index (χ4n) is 3.78. The Morgan fingerprint density at radius 1 is 1.32 bits per heavy atom. The monoisotopic (exact) mass is 386 g/mol. The number of piperidine rings is 1. The molecular formula is C17H20Cl2N2O4. The van der Waals surface area contributed by atoms with Crippen molar-refractivity contribution in [3.63, 3.8) is 0 Å².